The molecule has 0 atom stereocenters. The normalized spacial score (nSPS) is 39.0. The van der Waals surface area contributed by atoms with Crippen LogP contribution < -0.4 is 0 Å². The first-order chi connectivity index (χ1) is 5.16. The first-order valence-electron chi connectivity index (χ1n) is 4.15. The molecule has 1 aliphatic rings. The second-order valence-corrected chi connectivity index (χ2v) is 5.00. The zero-order chi connectivity index (χ0) is 8.32. The third-order valence-corrected chi connectivity index (χ3v) is 3.59. The molecule has 66 valence electrons. The molecule has 0 amide bonds. The van der Waals surface area contributed by atoms with E-state index in [1.807, 2.05) is 0 Å². The highest BCUT2D eigenvalue weighted by molar-refractivity contribution is 8.68. The second-order valence-electron chi connectivity index (χ2n) is 3.68. The van der Waals surface area contributed by atoms with Crippen LogP contribution in [0.1, 0.15) is 32.6 Å². The average molecular weight is 192 g/mol. The van der Waals surface area contributed by atoms with Crippen molar-refractivity contribution < 1.29 is 5.11 Å². The summed E-state index contributed by atoms with van der Waals surface area (Å²) in [7, 11) is 1.45. The SMILES string of the molecule is C[C@H]1CC[C@@](O)(CSS)CC1. The molecular formula is C8H16OS2. The zero-order valence-corrected chi connectivity index (χ0v) is 8.63. The van der Waals surface area contributed by atoms with Gasteiger partial charge in [0, 0.05) is 5.75 Å². The smallest absolute Gasteiger partial charge is 0.0746 e. The summed E-state index contributed by atoms with van der Waals surface area (Å²) >= 11 is 4.06. The molecule has 0 radical (unpaired) electrons. The summed E-state index contributed by atoms with van der Waals surface area (Å²) < 4.78 is 0. The molecule has 0 bridgehead atoms. The van der Waals surface area contributed by atoms with Gasteiger partial charge in [-0.1, -0.05) is 17.7 Å². The van der Waals surface area contributed by atoms with Crippen LogP contribution in [0.5, 0.6) is 0 Å². The molecule has 0 heterocycles. The third-order valence-electron chi connectivity index (χ3n) is 2.54. The fraction of sp³-hybridized carbons (Fsp3) is 1.00. The van der Waals surface area contributed by atoms with Crippen molar-refractivity contribution in [1.82, 2.24) is 0 Å². The Bertz CT molecular complexity index is 119. The van der Waals surface area contributed by atoms with Crippen molar-refractivity contribution in [1.29, 1.82) is 0 Å². The fourth-order valence-electron chi connectivity index (χ4n) is 1.56. The number of rotatable bonds is 2. The van der Waals surface area contributed by atoms with Gasteiger partial charge in [0.25, 0.3) is 0 Å². The minimum absolute atomic E-state index is 0.404. The number of thiol groups is 1. The van der Waals surface area contributed by atoms with Crippen molar-refractivity contribution in [3.63, 3.8) is 0 Å². The topological polar surface area (TPSA) is 20.2 Å². The monoisotopic (exact) mass is 192 g/mol. The third kappa shape index (κ3) is 2.88. The highest BCUT2D eigenvalue weighted by atomic mass is 33.1. The van der Waals surface area contributed by atoms with E-state index in [1.54, 1.807) is 0 Å². The Morgan fingerprint density at radius 1 is 1.55 bits per heavy atom. The molecule has 0 spiro atoms. The highest BCUT2D eigenvalue weighted by Gasteiger charge is 2.30. The van der Waals surface area contributed by atoms with E-state index >= 15 is 0 Å². The van der Waals surface area contributed by atoms with Gasteiger partial charge in [-0.2, -0.15) is 0 Å². The van der Waals surface area contributed by atoms with Crippen molar-refractivity contribution >= 4 is 22.5 Å². The zero-order valence-electron chi connectivity index (χ0n) is 6.92. The lowest BCUT2D eigenvalue weighted by atomic mass is 9.81. The molecule has 0 aliphatic heterocycles. The van der Waals surface area contributed by atoms with Crippen LogP contribution in [0.15, 0.2) is 0 Å². The van der Waals surface area contributed by atoms with Gasteiger partial charge in [0.05, 0.1) is 5.60 Å². The summed E-state index contributed by atoms with van der Waals surface area (Å²) in [6.07, 6.45) is 4.26. The molecule has 0 saturated heterocycles. The Kier molecular flexibility index (Phi) is 3.59. The lowest BCUT2D eigenvalue weighted by Gasteiger charge is -2.34. The quantitative estimate of drug-likeness (QED) is 0.518. The maximum absolute atomic E-state index is 9.92. The van der Waals surface area contributed by atoms with E-state index in [9.17, 15) is 5.11 Å². The molecule has 11 heavy (non-hydrogen) atoms. The maximum Gasteiger partial charge on any atom is 0.0746 e. The predicted molar refractivity (Wildman–Crippen MR) is 54.0 cm³/mol. The van der Waals surface area contributed by atoms with E-state index in [0.717, 1.165) is 24.5 Å². The minimum Gasteiger partial charge on any atom is -0.389 e. The van der Waals surface area contributed by atoms with Crippen LogP contribution in [-0.2, 0) is 0 Å². The van der Waals surface area contributed by atoms with E-state index in [0.29, 0.717) is 0 Å². The van der Waals surface area contributed by atoms with Gasteiger partial charge < -0.3 is 5.11 Å². The molecule has 0 aromatic heterocycles. The van der Waals surface area contributed by atoms with Gasteiger partial charge in [-0.25, -0.2) is 0 Å². The summed E-state index contributed by atoms with van der Waals surface area (Å²) in [5, 5.41) is 9.92. The molecule has 1 rings (SSSR count). The Labute approximate surface area is 77.8 Å². The molecule has 0 aromatic rings. The molecule has 1 aliphatic carbocycles. The van der Waals surface area contributed by atoms with Gasteiger partial charge in [0.15, 0.2) is 0 Å². The van der Waals surface area contributed by atoms with Crippen LogP contribution in [0.25, 0.3) is 0 Å². The Balaban J connectivity index is 2.35. The Morgan fingerprint density at radius 3 is 2.55 bits per heavy atom. The van der Waals surface area contributed by atoms with Gasteiger partial charge in [0.2, 0.25) is 0 Å². The summed E-state index contributed by atoms with van der Waals surface area (Å²) in [5.41, 5.74) is -0.404. The first-order valence-corrected chi connectivity index (χ1v) is 6.19. The number of hydrogen-bond acceptors (Lipinski definition) is 3. The predicted octanol–water partition coefficient (Wildman–Crippen LogP) is 2.51. The van der Waals surface area contributed by atoms with E-state index in [1.165, 1.54) is 23.6 Å². The molecule has 1 N–H and O–H groups in total. The summed E-state index contributed by atoms with van der Waals surface area (Å²) in [6, 6.07) is 0. The molecule has 1 nitrogen and oxygen atoms in total. The van der Waals surface area contributed by atoms with Crippen LogP contribution in [0.3, 0.4) is 0 Å². The highest BCUT2D eigenvalue weighted by Crippen LogP contribution is 2.34. The lowest BCUT2D eigenvalue weighted by Crippen LogP contribution is -2.35. The molecule has 3 heteroatoms. The Morgan fingerprint density at radius 2 is 2.09 bits per heavy atom. The number of hydrogen-bond donors (Lipinski definition) is 2. The van der Waals surface area contributed by atoms with Crippen LogP contribution in [0.4, 0.5) is 0 Å². The van der Waals surface area contributed by atoms with Gasteiger partial charge in [0.1, 0.15) is 0 Å². The second kappa shape index (κ2) is 4.06. The van der Waals surface area contributed by atoms with Crippen LogP contribution >= 0.6 is 22.5 Å². The first kappa shape index (κ1) is 9.75. The molecule has 1 saturated carbocycles. The summed E-state index contributed by atoms with van der Waals surface area (Å²) in [4.78, 5) is 0. The number of aliphatic hydroxyl groups is 1. The van der Waals surface area contributed by atoms with Gasteiger partial charge in [-0.15, -0.1) is 11.7 Å². The van der Waals surface area contributed by atoms with Gasteiger partial charge in [-0.05, 0) is 31.6 Å². The summed E-state index contributed by atoms with van der Waals surface area (Å²) in [5.74, 6) is 1.59. The summed E-state index contributed by atoms with van der Waals surface area (Å²) in [6.45, 7) is 2.26. The van der Waals surface area contributed by atoms with Gasteiger partial charge >= 0.3 is 0 Å². The largest absolute Gasteiger partial charge is 0.389 e. The van der Waals surface area contributed by atoms with E-state index in [-0.39, 0.29) is 0 Å². The fourth-order valence-corrected chi connectivity index (χ4v) is 2.81. The van der Waals surface area contributed by atoms with E-state index < -0.39 is 5.60 Å². The lowest BCUT2D eigenvalue weighted by molar-refractivity contribution is 0.0152. The van der Waals surface area contributed by atoms with Crippen LogP contribution in [0, 0.1) is 5.92 Å². The van der Waals surface area contributed by atoms with Gasteiger partial charge in [-0.3, -0.25) is 0 Å². The average Bonchev–Trinajstić information content (AvgIpc) is 1.97. The molecule has 1 fully saturated rings. The maximum atomic E-state index is 9.92. The van der Waals surface area contributed by atoms with Crippen LogP contribution in [-0.4, -0.2) is 16.5 Å². The molecule has 0 aromatic carbocycles. The van der Waals surface area contributed by atoms with Crippen molar-refractivity contribution in [2.24, 2.45) is 5.92 Å². The molecular weight excluding hydrogens is 176 g/mol. The van der Waals surface area contributed by atoms with Crippen LogP contribution in [0.2, 0.25) is 0 Å². The van der Waals surface area contributed by atoms with E-state index in [4.69, 9.17) is 0 Å². The van der Waals surface area contributed by atoms with Crippen molar-refractivity contribution in [3.8, 4) is 0 Å². The Hall–Kier alpha value is 0.660. The minimum atomic E-state index is -0.404. The van der Waals surface area contributed by atoms with Crippen molar-refractivity contribution in [2.45, 2.75) is 38.2 Å². The van der Waals surface area contributed by atoms with Crippen molar-refractivity contribution in [3.05, 3.63) is 0 Å². The molecule has 0 unspecified atom stereocenters. The standard InChI is InChI=1S/C8H16OS2/c1-7-2-4-8(9,5-3-7)6-11-10/h7,9-10H,2-6H2,1H3/t7-,8-. The van der Waals surface area contributed by atoms with Crippen molar-refractivity contribution in [2.75, 3.05) is 5.75 Å². The van der Waals surface area contributed by atoms with E-state index in [2.05, 4.69) is 18.6 Å².